The fraction of sp³-hybridized carbons (Fsp3) is 0.125. The van der Waals surface area contributed by atoms with Gasteiger partial charge in [-0.1, -0.05) is 42.5 Å². The number of nitrogens with zero attached hydrogens (tertiary/aromatic N) is 1. The Hall–Kier alpha value is -4.66. The van der Waals surface area contributed by atoms with Gasteiger partial charge in [0.25, 0.3) is 0 Å². The molecule has 0 saturated carbocycles. The largest absolute Gasteiger partial charge is 0.460 e. The van der Waals surface area contributed by atoms with Gasteiger partial charge in [0.2, 0.25) is 9.84 Å². The van der Waals surface area contributed by atoms with Crippen LogP contribution in [-0.4, -0.2) is 55.9 Å². The molecular formula is C32H19F9N2O6S3. The Bertz CT molecular complexity index is 2370. The molecule has 0 spiro atoms. The van der Waals surface area contributed by atoms with Crippen molar-refractivity contribution in [3.8, 4) is 11.4 Å². The van der Waals surface area contributed by atoms with Crippen LogP contribution in [0.25, 0.3) is 11.4 Å². The van der Waals surface area contributed by atoms with Crippen molar-refractivity contribution < 1.29 is 64.8 Å². The van der Waals surface area contributed by atoms with Crippen LogP contribution in [0.3, 0.4) is 0 Å². The smallest absolute Gasteiger partial charge is 0.345 e. The molecule has 0 unspecified atom stereocenters. The molecule has 274 valence electrons. The van der Waals surface area contributed by atoms with Crippen molar-refractivity contribution in [1.29, 1.82) is 0 Å². The zero-order valence-corrected chi connectivity index (χ0v) is 27.9. The van der Waals surface area contributed by atoms with Crippen molar-refractivity contribution in [3.63, 3.8) is 0 Å². The molecule has 0 atom stereocenters. The van der Waals surface area contributed by atoms with Gasteiger partial charge < -0.3 is 4.98 Å². The van der Waals surface area contributed by atoms with E-state index < -0.39 is 89.4 Å². The molecule has 2 heterocycles. The van der Waals surface area contributed by atoms with Gasteiger partial charge in [-0.3, -0.25) is 4.79 Å². The predicted octanol–water partition coefficient (Wildman–Crippen LogP) is 8.42. The van der Waals surface area contributed by atoms with Crippen LogP contribution in [0.1, 0.15) is 15.9 Å². The Labute approximate surface area is 289 Å². The predicted molar refractivity (Wildman–Crippen MR) is 166 cm³/mol. The zero-order valence-electron chi connectivity index (χ0n) is 25.4. The van der Waals surface area contributed by atoms with Gasteiger partial charge in [-0.2, -0.15) is 47.9 Å². The maximum atomic E-state index is 15.2. The third-order valence-corrected chi connectivity index (χ3v) is 14.9. The maximum Gasteiger partial charge on any atom is 0.460 e. The van der Waals surface area contributed by atoms with Crippen LogP contribution < -0.4 is 0 Å². The van der Waals surface area contributed by atoms with Crippen LogP contribution in [0.4, 0.5) is 39.5 Å². The second-order valence-electron chi connectivity index (χ2n) is 11.0. The minimum Gasteiger partial charge on any atom is -0.345 e. The monoisotopic (exact) mass is 794 g/mol. The van der Waals surface area contributed by atoms with Crippen LogP contribution in [0.5, 0.6) is 0 Å². The van der Waals surface area contributed by atoms with Crippen LogP contribution in [0.2, 0.25) is 0 Å². The molecule has 6 rings (SSSR count). The molecule has 5 aromatic rings. The highest BCUT2D eigenvalue weighted by Crippen LogP contribution is 2.71. The summed E-state index contributed by atoms with van der Waals surface area (Å²) in [5.41, 5.74) is -0.764. The summed E-state index contributed by atoms with van der Waals surface area (Å²) in [6.45, 7) is 0. The summed E-state index contributed by atoms with van der Waals surface area (Å²) in [5.74, 6) is -15.9. The molecule has 1 aromatic heterocycles. The number of carbonyl (C=O) groups is 1. The van der Waals surface area contributed by atoms with E-state index in [0.29, 0.717) is 0 Å². The molecule has 4 aromatic carbocycles. The number of alkyl halides is 9. The number of sulfone groups is 1. The molecule has 1 aliphatic rings. The van der Waals surface area contributed by atoms with Crippen molar-refractivity contribution in [3.05, 3.63) is 121 Å². The molecule has 0 amide bonds. The number of aromatic amines is 1. The quantitative estimate of drug-likeness (QED) is 0.146. The highest BCUT2D eigenvalue weighted by Gasteiger charge is 2.86. The van der Waals surface area contributed by atoms with E-state index in [4.69, 9.17) is 3.63 Å². The first-order valence-electron chi connectivity index (χ1n) is 14.3. The third-order valence-electron chi connectivity index (χ3n) is 7.88. The number of nitrogens with one attached hydrogen (secondary N) is 1. The Morgan fingerprint density at radius 3 is 1.75 bits per heavy atom. The van der Waals surface area contributed by atoms with Crippen molar-refractivity contribution in [2.24, 2.45) is 0 Å². The Kier molecular flexibility index (Phi) is 8.71. The molecule has 0 bridgehead atoms. The Balaban J connectivity index is 1.60. The summed E-state index contributed by atoms with van der Waals surface area (Å²) in [6, 6.07) is 17.8. The van der Waals surface area contributed by atoms with Crippen LogP contribution in [0, 0.1) is 0 Å². The van der Waals surface area contributed by atoms with Gasteiger partial charge in [-0.25, -0.2) is 17.0 Å². The molecule has 1 N–H and O–H groups in total. The van der Waals surface area contributed by atoms with Crippen LogP contribution >= 0.6 is 10.3 Å². The average molecular weight is 795 g/mol. The average Bonchev–Trinajstić information content (AvgIpc) is 3.65. The van der Waals surface area contributed by atoms with E-state index in [1.54, 1.807) is 0 Å². The molecule has 0 radical (unpaired) electrons. The second-order valence-corrected chi connectivity index (χ2v) is 17.4. The van der Waals surface area contributed by atoms with E-state index in [-0.39, 0.29) is 17.0 Å². The van der Waals surface area contributed by atoms with Crippen LogP contribution in [-0.2, 0) is 23.6 Å². The number of carbonyl (C=O) groups excluding carboxylic acids is 1. The number of aromatic nitrogens is 2. The molecule has 0 aliphatic carbocycles. The van der Waals surface area contributed by atoms with Gasteiger partial charge in [-0.15, -0.1) is 0 Å². The summed E-state index contributed by atoms with van der Waals surface area (Å²) in [7, 11) is -16.6. The lowest BCUT2D eigenvalue weighted by Gasteiger charge is -2.41. The van der Waals surface area contributed by atoms with Crippen LogP contribution in [0.15, 0.2) is 134 Å². The number of rotatable bonds is 9. The van der Waals surface area contributed by atoms with Crippen molar-refractivity contribution in [2.45, 2.75) is 47.8 Å². The number of H-pyrrole nitrogens is 1. The van der Waals surface area contributed by atoms with Gasteiger partial charge in [-0.05, 0) is 64.9 Å². The first-order chi connectivity index (χ1) is 24.1. The summed E-state index contributed by atoms with van der Waals surface area (Å²) in [5, 5.41) is -7.24. The Morgan fingerprint density at radius 2 is 1.23 bits per heavy atom. The standard InChI is InChI=1S/C32H19F9N2O6S3/c33-29(34,31(37,38)39)30(35,36)32(40,41)52(47,48)49-50(20-7-3-1-4-8-20,21-9-5-2-6-10-21)22-12-14-25-24(18-22)27(44)23-13-11-19(28-42-15-16-43-28)17-26(23)51(25,45)46/h1-18H,(H,42,43). The normalized spacial score (nSPS) is 15.5. The van der Waals surface area contributed by atoms with E-state index in [9.17, 15) is 52.4 Å². The second kappa shape index (κ2) is 12.2. The topological polar surface area (TPSA) is 123 Å². The summed E-state index contributed by atoms with van der Waals surface area (Å²) in [4.78, 5) is 18.1. The number of ketones is 1. The zero-order chi connectivity index (χ0) is 38.1. The van der Waals surface area contributed by atoms with E-state index in [2.05, 4.69) is 9.97 Å². The maximum absolute atomic E-state index is 15.2. The number of hydrogen-bond donors (Lipinski definition) is 1. The van der Waals surface area contributed by atoms with E-state index in [0.717, 1.165) is 54.6 Å². The van der Waals surface area contributed by atoms with Gasteiger partial charge >= 0.3 is 33.4 Å². The fourth-order valence-electron chi connectivity index (χ4n) is 5.31. The number of fused-ring (bicyclic) bond motifs is 2. The molecule has 0 fully saturated rings. The minimum atomic E-state index is -7.62. The first kappa shape index (κ1) is 37.1. The van der Waals surface area contributed by atoms with Gasteiger partial charge in [0, 0.05) is 43.8 Å². The summed E-state index contributed by atoms with van der Waals surface area (Å²) >= 11 is 0. The number of imidazole rings is 1. The lowest BCUT2D eigenvalue weighted by atomic mass is 10.0. The lowest BCUT2D eigenvalue weighted by molar-refractivity contribution is -0.382. The molecule has 8 nitrogen and oxygen atoms in total. The molecular weight excluding hydrogens is 776 g/mol. The van der Waals surface area contributed by atoms with E-state index in [1.165, 1.54) is 54.9 Å². The molecule has 0 saturated heterocycles. The van der Waals surface area contributed by atoms with Crippen molar-refractivity contribution >= 4 is 36.0 Å². The van der Waals surface area contributed by atoms with Crippen molar-refractivity contribution in [2.75, 3.05) is 0 Å². The van der Waals surface area contributed by atoms with E-state index in [1.807, 2.05) is 0 Å². The molecule has 52 heavy (non-hydrogen) atoms. The highest BCUT2D eigenvalue weighted by molar-refractivity contribution is 8.33. The fourth-order valence-corrected chi connectivity index (χ4v) is 12.2. The van der Waals surface area contributed by atoms with E-state index >= 15 is 8.78 Å². The summed E-state index contributed by atoms with van der Waals surface area (Å²) < 4.78 is 185. The van der Waals surface area contributed by atoms with Gasteiger partial charge in [0.05, 0.1) is 9.79 Å². The van der Waals surface area contributed by atoms with Gasteiger partial charge in [0.1, 0.15) is 5.82 Å². The lowest BCUT2D eigenvalue weighted by Crippen LogP contribution is -2.63. The van der Waals surface area contributed by atoms with Crippen molar-refractivity contribution in [1.82, 2.24) is 9.97 Å². The minimum absolute atomic E-state index is 0.249. The third kappa shape index (κ3) is 5.41. The highest BCUT2D eigenvalue weighted by atomic mass is 32.3. The number of hydrogen-bond acceptors (Lipinski definition) is 7. The Morgan fingerprint density at radius 1 is 0.654 bits per heavy atom. The molecule has 1 aliphatic heterocycles. The summed E-state index contributed by atoms with van der Waals surface area (Å²) in [6.07, 6.45) is -4.49. The van der Waals surface area contributed by atoms with Gasteiger partial charge in [0.15, 0.2) is 5.78 Å². The SMILES string of the molecule is O=C1c2cc(S(OS(=O)(=O)C(F)(F)C(F)(F)C(F)(F)C(F)(F)F)(c3ccccc3)c3ccccc3)ccc2S(=O)(=O)c2cc(-c3ncc[nH]3)ccc21. The first-order valence-corrected chi connectivity index (χ1v) is 18.7. The number of halogens is 9. The number of benzene rings is 4. The molecule has 20 heteroatoms.